The molecule has 5 aromatic carbocycles. The maximum Gasteiger partial charge on any atom is 0.0680 e. The molecule has 0 N–H and O–H groups in total. The minimum absolute atomic E-state index is 0.893. The first kappa shape index (κ1) is 19.0. The zero-order chi connectivity index (χ0) is 21.0. The zero-order valence-electron chi connectivity index (χ0n) is 17.4. The van der Waals surface area contributed by atoms with Gasteiger partial charge in [-0.25, -0.2) is 0 Å². The molecular weight excluding hydrogens is 376 g/mol. The summed E-state index contributed by atoms with van der Waals surface area (Å²) >= 11 is 0. The molecule has 31 heavy (non-hydrogen) atoms. The maximum atomic E-state index is 4.74. The van der Waals surface area contributed by atoms with Crippen LogP contribution >= 0.6 is 0 Å². The van der Waals surface area contributed by atoms with Crippen molar-refractivity contribution >= 4 is 45.3 Å². The Morgan fingerprint density at radius 1 is 0.516 bits per heavy atom. The van der Waals surface area contributed by atoms with Crippen molar-refractivity contribution in [3.05, 3.63) is 120 Å². The van der Waals surface area contributed by atoms with Gasteiger partial charge in [0.05, 0.1) is 11.4 Å². The molecule has 0 aliphatic heterocycles. The molecule has 0 aromatic heterocycles. The Morgan fingerprint density at radius 3 is 1.68 bits per heavy atom. The van der Waals surface area contributed by atoms with Crippen molar-refractivity contribution in [3.8, 4) is 0 Å². The third-order valence-electron chi connectivity index (χ3n) is 5.46. The zero-order valence-corrected chi connectivity index (χ0v) is 17.4. The summed E-state index contributed by atoms with van der Waals surface area (Å²) in [5, 5.41) is 4.91. The number of aliphatic imine (C=N–C) groups is 2. The molecule has 2 heteroatoms. The van der Waals surface area contributed by atoms with Crippen LogP contribution in [0, 0.1) is 6.92 Å². The summed E-state index contributed by atoms with van der Waals surface area (Å²) in [6.07, 6.45) is 3.83. The highest BCUT2D eigenvalue weighted by molar-refractivity contribution is 5.92. The van der Waals surface area contributed by atoms with Crippen molar-refractivity contribution in [1.82, 2.24) is 0 Å². The molecular formula is C29H22N2. The van der Waals surface area contributed by atoms with E-state index in [0.717, 1.165) is 28.1 Å². The van der Waals surface area contributed by atoms with Crippen molar-refractivity contribution < 1.29 is 0 Å². The van der Waals surface area contributed by atoms with Crippen molar-refractivity contribution in [1.29, 1.82) is 0 Å². The fourth-order valence-corrected chi connectivity index (χ4v) is 3.69. The minimum atomic E-state index is 0.893. The summed E-state index contributed by atoms with van der Waals surface area (Å²) < 4.78 is 0. The van der Waals surface area contributed by atoms with E-state index in [1.807, 2.05) is 24.6 Å². The summed E-state index contributed by atoms with van der Waals surface area (Å²) in [4.78, 5) is 9.42. The predicted octanol–water partition coefficient (Wildman–Crippen LogP) is 7.80. The lowest BCUT2D eigenvalue weighted by molar-refractivity contribution is 1.38. The Hall–Kier alpha value is -4.04. The quantitative estimate of drug-likeness (QED) is 0.276. The monoisotopic (exact) mass is 398 g/mol. The van der Waals surface area contributed by atoms with Gasteiger partial charge in [-0.3, -0.25) is 9.98 Å². The van der Waals surface area contributed by atoms with Crippen LogP contribution in [0.5, 0.6) is 0 Å². The molecule has 0 atom stereocenters. The van der Waals surface area contributed by atoms with Crippen molar-refractivity contribution in [3.63, 3.8) is 0 Å². The average Bonchev–Trinajstić information content (AvgIpc) is 2.82. The van der Waals surface area contributed by atoms with Crippen molar-refractivity contribution in [2.75, 3.05) is 0 Å². The molecule has 5 aromatic rings. The first-order chi connectivity index (χ1) is 15.2. The van der Waals surface area contributed by atoms with Gasteiger partial charge in [0.2, 0.25) is 0 Å². The molecule has 0 spiro atoms. The van der Waals surface area contributed by atoms with Crippen LogP contribution in [0.3, 0.4) is 0 Å². The average molecular weight is 399 g/mol. The molecule has 0 heterocycles. The standard InChI is InChI=1S/C29H22N2/c1-21-10-15-28(30-19-22-11-13-24-6-2-4-8-26(24)16-22)18-29(21)31-20-23-12-14-25-7-3-5-9-27(25)17-23/h2-20H,1H3. The summed E-state index contributed by atoms with van der Waals surface area (Å²) in [6, 6.07) is 35.6. The third kappa shape index (κ3) is 4.29. The topological polar surface area (TPSA) is 24.7 Å². The normalized spacial score (nSPS) is 11.8. The molecule has 0 saturated heterocycles. The van der Waals surface area contributed by atoms with E-state index in [0.29, 0.717) is 0 Å². The number of fused-ring (bicyclic) bond motifs is 2. The van der Waals surface area contributed by atoms with Gasteiger partial charge in [0, 0.05) is 12.4 Å². The molecule has 0 aliphatic carbocycles. The van der Waals surface area contributed by atoms with Crippen molar-refractivity contribution in [2.45, 2.75) is 6.92 Å². The van der Waals surface area contributed by atoms with Gasteiger partial charge in [0.25, 0.3) is 0 Å². The van der Waals surface area contributed by atoms with Gasteiger partial charge in [0.15, 0.2) is 0 Å². The molecule has 0 unspecified atom stereocenters. The van der Waals surface area contributed by atoms with Gasteiger partial charge in [-0.05, 0) is 69.4 Å². The molecule has 0 amide bonds. The maximum absolute atomic E-state index is 4.74. The van der Waals surface area contributed by atoms with Crippen LogP contribution in [-0.4, -0.2) is 12.4 Å². The first-order valence-electron chi connectivity index (χ1n) is 10.4. The van der Waals surface area contributed by atoms with Crippen LogP contribution in [0.15, 0.2) is 113 Å². The lowest BCUT2D eigenvalue weighted by atomic mass is 10.1. The van der Waals surface area contributed by atoms with Gasteiger partial charge < -0.3 is 0 Å². The molecule has 0 fully saturated rings. The highest BCUT2D eigenvalue weighted by atomic mass is 14.8. The molecule has 0 bridgehead atoms. The number of rotatable bonds is 4. The third-order valence-corrected chi connectivity index (χ3v) is 5.46. The summed E-state index contributed by atoms with van der Waals surface area (Å²) in [5.41, 5.74) is 5.12. The summed E-state index contributed by atoms with van der Waals surface area (Å²) in [7, 11) is 0. The fourth-order valence-electron chi connectivity index (χ4n) is 3.69. The predicted molar refractivity (Wildman–Crippen MR) is 134 cm³/mol. The Morgan fingerprint density at radius 2 is 1.06 bits per heavy atom. The van der Waals surface area contributed by atoms with Crippen LogP contribution in [-0.2, 0) is 0 Å². The summed E-state index contributed by atoms with van der Waals surface area (Å²) in [5.74, 6) is 0. The number of nitrogens with zero attached hydrogens (tertiary/aromatic N) is 2. The number of benzene rings is 5. The smallest absolute Gasteiger partial charge is 0.0680 e. The SMILES string of the molecule is Cc1ccc(N=Cc2ccc3ccccc3c2)cc1N=Cc1ccc2ccccc2c1. The lowest BCUT2D eigenvalue weighted by Crippen LogP contribution is -1.83. The summed E-state index contributed by atoms with van der Waals surface area (Å²) in [6.45, 7) is 2.07. The second-order valence-corrected chi connectivity index (χ2v) is 7.70. The second-order valence-electron chi connectivity index (χ2n) is 7.70. The highest BCUT2D eigenvalue weighted by Gasteiger charge is 2.00. The molecule has 0 aliphatic rings. The minimum Gasteiger partial charge on any atom is -0.256 e. The van der Waals surface area contributed by atoms with Crippen molar-refractivity contribution in [2.24, 2.45) is 9.98 Å². The van der Waals surface area contributed by atoms with E-state index < -0.39 is 0 Å². The van der Waals surface area contributed by atoms with Crippen LogP contribution in [0.25, 0.3) is 21.5 Å². The largest absolute Gasteiger partial charge is 0.256 e. The van der Waals surface area contributed by atoms with Gasteiger partial charge in [-0.15, -0.1) is 0 Å². The number of hydrogen-bond acceptors (Lipinski definition) is 2. The Kier molecular flexibility index (Phi) is 5.12. The Bertz CT molecular complexity index is 1440. The second kappa shape index (κ2) is 8.37. The fraction of sp³-hybridized carbons (Fsp3) is 0.0345. The number of aryl methyl sites for hydroxylation is 1. The van der Waals surface area contributed by atoms with Gasteiger partial charge in [-0.1, -0.05) is 78.9 Å². The van der Waals surface area contributed by atoms with Crippen LogP contribution in [0.2, 0.25) is 0 Å². The van der Waals surface area contributed by atoms with Crippen LogP contribution < -0.4 is 0 Å². The van der Waals surface area contributed by atoms with E-state index in [1.165, 1.54) is 21.5 Å². The number of hydrogen-bond donors (Lipinski definition) is 0. The van der Waals surface area contributed by atoms with E-state index in [-0.39, 0.29) is 0 Å². The molecule has 0 saturated carbocycles. The Labute approximate surface area is 182 Å². The first-order valence-corrected chi connectivity index (χ1v) is 10.4. The molecule has 0 radical (unpaired) electrons. The van der Waals surface area contributed by atoms with Crippen LogP contribution in [0.4, 0.5) is 11.4 Å². The van der Waals surface area contributed by atoms with E-state index in [1.54, 1.807) is 0 Å². The molecule has 5 rings (SSSR count). The van der Waals surface area contributed by atoms with Gasteiger partial charge in [0.1, 0.15) is 0 Å². The van der Waals surface area contributed by atoms with Crippen LogP contribution in [0.1, 0.15) is 16.7 Å². The molecule has 2 nitrogen and oxygen atoms in total. The highest BCUT2D eigenvalue weighted by Crippen LogP contribution is 2.25. The van der Waals surface area contributed by atoms with Gasteiger partial charge >= 0.3 is 0 Å². The van der Waals surface area contributed by atoms with E-state index in [4.69, 9.17) is 4.99 Å². The molecule has 148 valence electrons. The van der Waals surface area contributed by atoms with E-state index in [2.05, 4.69) is 103 Å². The van der Waals surface area contributed by atoms with Gasteiger partial charge in [-0.2, -0.15) is 0 Å². The van der Waals surface area contributed by atoms with E-state index >= 15 is 0 Å². The Balaban J connectivity index is 1.39. The lowest BCUT2D eigenvalue weighted by Gasteiger charge is -2.03. The van der Waals surface area contributed by atoms with E-state index in [9.17, 15) is 0 Å².